The van der Waals surface area contributed by atoms with Gasteiger partial charge in [-0.15, -0.1) is 0 Å². The van der Waals surface area contributed by atoms with Crippen LogP contribution in [0, 0.1) is 0 Å². The van der Waals surface area contributed by atoms with E-state index in [1.54, 1.807) is 20.4 Å². The molecule has 39 heavy (non-hydrogen) atoms. The predicted octanol–water partition coefficient (Wildman–Crippen LogP) is 5.81. The van der Waals surface area contributed by atoms with Crippen LogP contribution in [0.4, 0.5) is 28.8 Å². The van der Waals surface area contributed by atoms with Crippen LogP contribution in [0.1, 0.15) is 24.3 Å². The third-order valence-electron chi connectivity index (χ3n) is 6.70. The number of ether oxygens (including phenoxy) is 1. The Balaban J connectivity index is 1.68. The third-order valence-corrected chi connectivity index (χ3v) is 8.53. The number of amides is 1. The van der Waals surface area contributed by atoms with Gasteiger partial charge in [0.05, 0.1) is 24.7 Å². The summed E-state index contributed by atoms with van der Waals surface area (Å²) in [5.74, 6) is 1.20. The fraction of sp³-hybridized carbons (Fsp3) is 0.321. The highest BCUT2D eigenvalue weighted by molar-refractivity contribution is 7.70. The van der Waals surface area contributed by atoms with Gasteiger partial charge in [-0.25, -0.2) is 4.98 Å². The van der Waals surface area contributed by atoms with Crippen LogP contribution in [0.2, 0.25) is 5.02 Å². The largest absolute Gasteiger partial charge is 0.495 e. The zero-order chi connectivity index (χ0) is 28.2. The maximum atomic E-state index is 12.8. The van der Waals surface area contributed by atoms with Crippen molar-refractivity contribution in [3.63, 3.8) is 0 Å². The number of rotatable bonds is 9. The van der Waals surface area contributed by atoms with Gasteiger partial charge in [0.2, 0.25) is 11.9 Å². The molecule has 3 aromatic rings. The molecule has 2 heterocycles. The maximum absolute atomic E-state index is 12.8. The van der Waals surface area contributed by atoms with Gasteiger partial charge < -0.3 is 30.2 Å². The van der Waals surface area contributed by atoms with Gasteiger partial charge in [0.15, 0.2) is 5.82 Å². The Morgan fingerprint density at radius 3 is 2.54 bits per heavy atom. The number of aromatic nitrogens is 2. The van der Waals surface area contributed by atoms with E-state index in [1.807, 2.05) is 36.4 Å². The van der Waals surface area contributed by atoms with Crippen LogP contribution in [-0.4, -0.2) is 61.4 Å². The smallest absolute Gasteiger partial charge is 0.247 e. The molecule has 4 rings (SSSR count). The van der Waals surface area contributed by atoms with Crippen molar-refractivity contribution in [3.8, 4) is 5.75 Å². The van der Waals surface area contributed by atoms with Gasteiger partial charge in [-0.1, -0.05) is 30.3 Å². The molecule has 0 unspecified atom stereocenters. The molecule has 1 aliphatic rings. The molecule has 0 bridgehead atoms. The Labute approximate surface area is 234 Å². The molecule has 0 spiro atoms. The van der Waals surface area contributed by atoms with Crippen molar-refractivity contribution in [1.29, 1.82) is 0 Å². The lowest BCUT2D eigenvalue weighted by molar-refractivity contribution is -0.111. The molecule has 2 aromatic carbocycles. The van der Waals surface area contributed by atoms with Crippen molar-refractivity contribution in [1.82, 2.24) is 14.9 Å². The summed E-state index contributed by atoms with van der Waals surface area (Å²) in [5.41, 5.74) is 2.93. The predicted molar refractivity (Wildman–Crippen MR) is 160 cm³/mol. The van der Waals surface area contributed by atoms with E-state index in [2.05, 4.69) is 44.4 Å². The Morgan fingerprint density at radius 2 is 1.87 bits per heavy atom. The molecule has 0 aliphatic carbocycles. The summed E-state index contributed by atoms with van der Waals surface area (Å²) in [6.45, 7) is 8.97. The number of hydrogen-bond donors (Lipinski definition) is 3. The van der Waals surface area contributed by atoms with Gasteiger partial charge in [-0.05, 0) is 88.1 Å². The number of benzene rings is 2. The molecule has 0 atom stereocenters. The SMILES string of the molecule is C=CC(=O)Nc1cc(Nc2ncc(Cl)c(Nc3ccccc3P(C)(C)=O)n2)c(OC)cc1C1CCN(C)CC1. The van der Waals surface area contributed by atoms with Gasteiger partial charge in [-0.2, -0.15) is 4.98 Å². The number of methoxy groups -OCH3 is 1. The number of nitrogens with one attached hydrogen (secondary N) is 3. The first-order valence-electron chi connectivity index (χ1n) is 12.6. The number of piperidine rings is 1. The molecule has 1 saturated heterocycles. The van der Waals surface area contributed by atoms with Gasteiger partial charge in [0.1, 0.15) is 17.9 Å². The molecule has 0 radical (unpaired) electrons. The van der Waals surface area contributed by atoms with E-state index in [9.17, 15) is 9.36 Å². The Bertz CT molecular complexity index is 1420. The highest BCUT2D eigenvalue weighted by Gasteiger charge is 2.24. The standard InChI is InChI=1S/C28H34ClN6O3P/c1-6-26(36)31-22-16-23(24(38-3)15-19(22)18-11-13-35(2)14-12-18)33-28-30-17-20(29)27(34-28)32-21-9-7-8-10-25(21)39(4,5)37/h6-10,15-18H,1,11-14H2,2-5H3,(H,31,36)(H2,30,32,33,34). The van der Waals surface area contributed by atoms with Gasteiger partial charge in [0, 0.05) is 11.0 Å². The number of nitrogens with zero attached hydrogens (tertiary/aromatic N) is 3. The summed E-state index contributed by atoms with van der Waals surface area (Å²) >= 11 is 6.42. The van der Waals surface area contributed by atoms with Crippen molar-refractivity contribution >= 4 is 58.8 Å². The highest BCUT2D eigenvalue weighted by atomic mass is 35.5. The number of carbonyl (C=O) groups excluding carboxylic acids is 1. The van der Waals surface area contributed by atoms with E-state index in [0.717, 1.165) is 31.5 Å². The fourth-order valence-corrected chi connectivity index (χ4v) is 5.92. The van der Waals surface area contributed by atoms with Crippen LogP contribution in [0.5, 0.6) is 5.75 Å². The third kappa shape index (κ3) is 6.98. The summed E-state index contributed by atoms with van der Waals surface area (Å²) < 4.78 is 18.5. The molecule has 1 aliphatic heterocycles. The lowest BCUT2D eigenvalue weighted by atomic mass is 9.88. The second-order valence-electron chi connectivity index (χ2n) is 9.92. The van der Waals surface area contributed by atoms with E-state index in [0.29, 0.717) is 39.0 Å². The summed E-state index contributed by atoms with van der Waals surface area (Å²) in [6.07, 6.45) is 4.68. The minimum atomic E-state index is -2.55. The van der Waals surface area contributed by atoms with Crippen LogP contribution < -0.4 is 26.0 Å². The van der Waals surface area contributed by atoms with E-state index >= 15 is 0 Å². The van der Waals surface area contributed by atoms with Crippen molar-refractivity contribution in [2.75, 3.05) is 56.5 Å². The molecular formula is C28H34ClN6O3P. The molecule has 1 aromatic heterocycles. The Morgan fingerprint density at radius 1 is 1.15 bits per heavy atom. The number of para-hydroxylation sites is 1. The van der Waals surface area contributed by atoms with Crippen molar-refractivity contribution < 1.29 is 14.1 Å². The van der Waals surface area contributed by atoms with Gasteiger partial charge in [0.25, 0.3) is 0 Å². The molecule has 0 saturated carbocycles. The molecule has 1 amide bonds. The number of hydrogen-bond acceptors (Lipinski definition) is 8. The summed E-state index contributed by atoms with van der Waals surface area (Å²) in [7, 11) is 1.16. The van der Waals surface area contributed by atoms with Crippen LogP contribution >= 0.6 is 18.7 Å². The second kappa shape index (κ2) is 12.2. The van der Waals surface area contributed by atoms with Crippen molar-refractivity contribution in [2.45, 2.75) is 18.8 Å². The summed E-state index contributed by atoms with van der Waals surface area (Å²) in [4.78, 5) is 23.5. The summed E-state index contributed by atoms with van der Waals surface area (Å²) in [5, 5.41) is 10.4. The second-order valence-corrected chi connectivity index (χ2v) is 13.5. The number of likely N-dealkylation sites (tertiary alicyclic amines) is 1. The number of halogens is 1. The normalized spacial score (nSPS) is 14.5. The average molecular weight is 569 g/mol. The minimum absolute atomic E-state index is 0.266. The Kier molecular flexibility index (Phi) is 8.95. The molecule has 1 fully saturated rings. The Hall–Kier alpha value is -3.39. The zero-order valence-electron chi connectivity index (χ0n) is 22.6. The average Bonchev–Trinajstić information content (AvgIpc) is 2.91. The topological polar surface area (TPSA) is 108 Å². The van der Waals surface area contributed by atoms with Crippen LogP contribution in [0.3, 0.4) is 0 Å². The van der Waals surface area contributed by atoms with E-state index in [4.69, 9.17) is 16.3 Å². The lowest BCUT2D eigenvalue weighted by Crippen LogP contribution is -2.29. The molecule has 206 valence electrons. The molecular weight excluding hydrogens is 535 g/mol. The summed E-state index contributed by atoms with van der Waals surface area (Å²) in [6, 6.07) is 11.2. The number of carbonyl (C=O) groups is 1. The first-order chi connectivity index (χ1) is 18.6. The first kappa shape index (κ1) is 28.6. The maximum Gasteiger partial charge on any atom is 0.247 e. The molecule has 11 heteroatoms. The highest BCUT2D eigenvalue weighted by Crippen LogP contribution is 2.41. The quantitative estimate of drug-likeness (QED) is 0.219. The van der Waals surface area contributed by atoms with E-state index < -0.39 is 7.14 Å². The monoisotopic (exact) mass is 568 g/mol. The first-order valence-corrected chi connectivity index (χ1v) is 15.6. The van der Waals surface area contributed by atoms with E-state index in [-0.39, 0.29) is 17.8 Å². The fourth-order valence-electron chi connectivity index (χ4n) is 4.62. The van der Waals surface area contributed by atoms with Gasteiger partial charge in [-0.3, -0.25) is 4.79 Å². The van der Waals surface area contributed by atoms with Crippen molar-refractivity contribution in [2.24, 2.45) is 0 Å². The number of anilines is 5. The van der Waals surface area contributed by atoms with Crippen LogP contribution in [-0.2, 0) is 9.36 Å². The van der Waals surface area contributed by atoms with Crippen molar-refractivity contribution in [3.05, 3.63) is 65.8 Å². The molecule has 3 N–H and O–H groups in total. The lowest BCUT2D eigenvalue weighted by Gasteiger charge is -2.31. The minimum Gasteiger partial charge on any atom is -0.495 e. The zero-order valence-corrected chi connectivity index (χ0v) is 24.3. The van der Waals surface area contributed by atoms with Crippen LogP contribution in [0.15, 0.2) is 55.3 Å². The van der Waals surface area contributed by atoms with Gasteiger partial charge >= 0.3 is 0 Å². The van der Waals surface area contributed by atoms with Crippen LogP contribution in [0.25, 0.3) is 0 Å². The molecule has 9 nitrogen and oxygen atoms in total. The van der Waals surface area contributed by atoms with E-state index in [1.165, 1.54) is 12.3 Å².